The molecule has 6 heteroatoms. The monoisotopic (exact) mass is 293 g/mol. The van der Waals surface area contributed by atoms with Crippen molar-refractivity contribution in [2.75, 3.05) is 0 Å². The number of aromatic nitrogens is 3. The number of nitrogens with one attached hydrogen (secondary N) is 1. The number of nitrogens with zero attached hydrogens (tertiary/aromatic N) is 4. The summed E-state index contributed by atoms with van der Waals surface area (Å²) in [5, 5.41) is 3.93. The average molecular weight is 293 g/mol. The van der Waals surface area contributed by atoms with E-state index < -0.39 is 0 Å². The number of aryl methyl sites for hydroxylation is 1. The van der Waals surface area contributed by atoms with Crippen LogP contribution in [0.4, 0.5) is 0 Å². The number of benzene rings is 1. The summed E-state index contributed by atoms with van der Waals surface area (Å²) < 4.78 is 1.96. The average Bonchev–Trinajstić information content (AvgIpc) is 2.97. The molecule has 3 aromatic rings. The standard InChI is InChI=1S/C16H15N5O/c22-16(20-19-11-13-5-8-17-9-6-13)7-10-21-12-18-14-3-1-2-4-15(14)21/h1-6,8-9,11-12H,7,10H2,(H,20,22)/b19-11+. The van der Waals surface area contributed by atoms with E-state index in [1.54, 1.807) is 24.9 Å². The smallest absolute Gasteiger partial charge is 0.241 e. The number of amides is 1. The summed E-state index contributed by atoms with van der Waals surface area (Å²) in [6.07, 6.45) is 7.03. The largest absolute Gasteiger partial charge is 0.330 e. The Morgan fingerprint density at radius 3 is 2.91 bits per heavy atom. The van der Waals surface area contributed by atoms with E-state index in [4.69, 9.17) is 0 Å². The quantitative estimate of drug-likeness (QED) is 0.577. The van der Waals surface area contributed by atoms with Crippen LogP contribution >= 0.6 is 0 Å². The van der Waals surface area contributed by atoms with Crippen LogP contribution in [-0.4, -0.2) is 26.7 Å². The van der Waals surface area contributed by atoms with Gasteiger partial charge in [-0.15, -0.1) is 0 Å². The molecular weight excluding hydrogens is 278 g/mol. The number of pyridine rings is 1. The number of imidazole rings is 1. The van der Waals surface area contributed by atoms with Crippen molar-refractivity contribution in [1.82, 2.24) is 20.0 Å². The van der Waals surface area contributed by atoms with Gasteiger partial charge in [-0.2, -0.15) is 5.10 Å². The molecule has 0 spiro atoms. The summed E-state index contributed by atoms with van der Waals surface area (Å²) in [5.41, 5.74) is 5.36. The first-order valence-electron chi connectivity index (χ1n) is 6.95. The van der Waals surface area contributed by atoms with E-state index in [9.17, 15) is 4.79 Å². The van der Waals surface area contributed by atoms with Crippen LogP contribution in [0.1, 0.15) is 12.0 Å². The number of hydrazone groups is 1. The van der Waals surface area contributed by atoms with E-state index >= 15 is 0 Å². The van der Waals surface area contributed by atoms with Gasteiger partial charge in [-0.05, 0) is 29.8 Å². The first-order chi connectivity index (χ1) is 10.8. The van der Waals surface area contributed by atoms with E-state index in [0.717, 1.165) is 16.6 Å². The molecule has 2 heterocycles. The molecule has 0 aliphatic carbocycles. The van der Waals surface area contributed by atoms with E-state index in [1.807, 2.05) is 41.0 Å². The van der Waals surface area contributed by atoms with Crippen LogP contribution in [0.3, 0.4) is 0 Å². The highest BCUT2D eigenvalue weighted by atomic mass is 16.2. The Labute approximate surface area is 127 Å². The molecule has 0 bridgehead atoms. The van der Waals surface area contributed by atoms with Gasteiger partial charge in [0.15, 0.2) is 0 Å². The first-order valence-corrected chi connectivity index (χ1v) is 6.95. The normalized spacial score (nSPS) is 11.1. The molecule has 6 nitrogen and oxygen atoms in total. The molecule has 1 amide bonds. The second-order valence-corrected chi connectivity index (χ2v) is 4.75. The minimum Gasteiger partial charge on any atom is -0.330 e. The van der Waals surface area contributed by atoms with Crippen molar-refractivity contribution in [2.45, 2.75) is 13.0 Å². The molecule has 0 saturated carbocycles. The molecule has 0 unspecified atom stereocenters. The lowest BCUT2D eigenvalue weighted by Gasteiger charge is -2.03. The van der Waals surface area contributed by atoms with Crippen molar-refractivity contribution in [1.29, 1.82) is 0 Å². The second kappa shape index (κ2) is 6.62. The fourth-order valence-corrected chi connectivity index (χ4v) is 2.09. The minimum absolute atomic E-state index is 0.136. The highest BCUT2D eigenvalue weighted by molar-refractivity contribution is 5.82. The Bertz CT molecular complexity index is 794. The zero-order valence-electron chi connectivity index (χ0n) is 11.9. The summed E-state index contributed by atoms with van der Waals surface area (Å²) >= 11 is 0. The molecule has 0 atom stereocenters. The summed E-state index contributed by atoms with van der Waals surface area (Å²) in [6, 6.07) is 11.5. The molecule has 2 aromatic heterocycles. The number of fused-ring (bicyclic) bond motifs is 1. The number of hydrogen-bond acceptors (Lipinski definition) is 4. The molecule has 0 radical (unpaired) electrons. The number of para-hydroxylation sites is 2. The lowest BCUT2D eigenvalue weighted by Crippen LogP contribution is -2.19. The minimum atomic E-state index is -0.136. The van der Waals surface area contributed by atoms with Crippen molar-refractivity contribution in [2.24, 2.45) is 5.10 Å². The Kier molecular flexibility index (Phi) is 4.20. The highest BCUT2D eigenvalue weighted by Crippen LogP contribution is 2.11. The third-order valence-electron chi connectivity index (χ3n) is 3.22. The number of rotatable bonds is 5. The molecule has 110 valence electrons. The van der Waals surface area contributed by atoms with Gasteiger partial charge in [0.2, 0.25) is 5.91 Å². The molecule has 0 fully saturated rings. The predicted octanol–water partition coefficient (Wildman–Crippen LogP) is 1.97. The molecule has 0 aliphatic rings. The van der Waals surface area contributed by atoms with Gasteiger partial charge < -0.3 is 4.57 Å². The first kappa shape index (κ1) is 13.9. The lowest BCUT2D eigenvalue weighted by molar-refractivity contribution is -0.121. The summed E-state index contributed by atoms with van der Waals surface area (Å²) in [6.45, 7) is 0.567. The zero-order valence-corrected chi connectivity index (χ0v) is 11.9. The van der Waals surface area contributed by atoms with Crippen molar-refractivity contribution < 1.29 is 4.79 Å². The van der Waals surface area contributed by atoms with Gasteiger partial charge in [0.25, 0.3) is 0 Å². The number of carbonyl (C=O) groups is 1. The van der Waals surface area contributed by atoms with Crippen LogP contribution in [0, 0.1) is 0 Å². The van der Waals surface area contributed by atoms with Gasteiger partial charge in [-0.25, -0.2) is 10.4 Å². The second-order valence-electron chi connectivity index (χ2n) is 4.75. The van der Waals surface area contributed by atoms with Crippen LogP contribution in [-0.2, 0) is 11.3 Å². The van der Waals surface area contributed by atoms with Crippen molar-refractivity contribution >= 4 is 23.2 Å². The van der Waals surface area contributed by atoms with Crippen molar-refractivity contribution in [3.05, 3.63) is 60.7 Å². The van der Waals surface area contributed by atoms with E-state index in [-0.39, 0.29) is 5.91 Å². The Hall–Kier alpha value is -3.02. The lowest BCUT2D eigenvalue weighted by atomic mass is 10.3. The zero-order chi connectivity index (χ0) is 15.2. The maximum atomic E-state index is 11.8. The maximum absolute atomic E-state index is 11.8. The molecule has 1 N–H and O–H groups in total. The van der Waals surface area contributed by atoms with Gasteiger partial charge in [0.1, 0.15) is 0 Å². The van der Waals surface area contributed by atoms with Crippen LogP contribution in [0.5, 0.6) is 0 Å². The van der Waals surface area contributed by atoms with Crippen molar-refractivity contribution in [3.63, 3.8) is 0 Å². The predicted molar refractivity (Wildman–Crippen MR) is 84.3 cm³/mol. The Balaban J connectivity index is 1.53. The molecule has 0 saturated heterocycles. The summed E-state index contributed by atoms with van der Waals surface area (Å²) in [7, 11) is 0. The molecular formula is C16H15N5O. The van der Waals surface area contributed by atoms with Gasteiger partial charge in [-0.3, -0.25) is 9.78 Å². The highest BCUT2D eigenvalue weighted by Gasteiger charge is 2.04. The van der Waals surface area contributed by atoms with Crippen LogP contribution in [0.15, 0.2) is 60.2 Å². The van der Waals surface area contributed by atoms with Gasteiger partial charge >= 0.3 is 0 Å². The molecule has 22 heavy (non-hydrogen) atoms. The molecule has 0 aliphatic heterocycles. The third kappa shape index (κ3) is 3.35. The summed E-state index contributed by atoms with van der Waals surface area (Å²) in [5.74, 6) is -0.136. The van der Waals surface area contributed by atoms with Gasteiger partial charge in [0.05, 0.1) is 23.6 Å². The van der Waals surface area contributed by atoms with Gasteiger partial charge in [-0.1, -0.05) is 12.1 Å². The SMILES string of the molecule is O=C(CCn1cnc2ccccc21)N/N=C/c1ccncc1. The van der Waals surface area contributed by atoms with Crippen LogP contribution in [0.2, 0.25) is 0 Å². The van der Waals surface area contributed by atoms with Crippen LogP contribution in [0.25, 0.3) is 11.0 Å². The third-order valence-corrected chi connectivity index (χ3v) is 3.22. The van der Waals surface area contributed by atoms with E-state index in [2.05, 4.69) is 20.5 Å². The Morgan fingerprint density at radius 2 is 2.05 bits per heavy atom. The number of carbonyl (C=O) groups excluding carboxylic acids is 1. The maximum Gasteiger partial charge on any atom is 0.241 e. The Morgan fingerprint density at radius 1 is 1.23 bits per heavy atom. The number of hydrogen-bond donors (Lipinski definition) is 1. The topological polar surface area (TPSA) is 72.2 Å². The van der Waals surface area contributed by atoms with E-state index in [1.165, 1.54) is 0 Å². The van der Waals surface area contributed by atoms with Crippen molar-refractivity contribution in [3.8, 4) is 0 Å². The molecule has 3 rings (SSSR count). The van der Waals surface area contributed by atoms with E-state index in [0.29, 0.717) is 13.0 Å². The summed E-state index contributed by atoms with van der Waals surface area (Å²) in [4.78, 5) is 20.0. The van der Waals surface area contributed by atoms with Crippen LogP contribution < -0.4 is 5.43 Å². The van der Waals surface area contributed by atoms with Gasteiger partial charge in [0, 0.05) is 25.4 Å². The fourth-order valence-electron chi connectivity index (χ4n) is 2.09. The molecule has 1 aromatic carbocycles. The fraction of sp³-hybridized carbons (Fsp3) is 0.125.